The Morgan fingerprint density at radius 2 is 1.86 bits per heavy atom. The third-order valence-corrected chi connectivity index (χ3v) is 5.09. The van der Waals surface area contributed by atoms with Gasteiger partial charge in [0.05, 0.1) is 17.6 Å². The Kier molecular flexibility index (Phi) is 5.41. The highest BCUT2D eigenvalue weighted by Crippen LogP contribution is 2.25. The van der Waals surface area contributed by atoms with E-state index in [1.165, 1.54) is 11.3 Å². The van der Waals surface area contributed by atoms with Gasteiger partial charge in [-0.25, -0.2) is 9.97 Å². The van der Waals surface area contributed by atoms with E-state index in [-0.39, 0.29) is 12.3 Å². The molecule has 8 heteroatoms. The number of thiazole rings is 1. The molecule has 0 unspecified atom stereocenters. The summed E-state index contributed by atoms with van der Waals surface area (Å²) in [4.78, 5) is 24.1. The van der Waals surface area contributed by atoms with Crippen molar-refractivity contribution in [1.29, 1.82) is 0 Å². The maximum absolute atomic E-state index is 12.2. The third kappa shape index (κ3) is 4.41. The number of benzene rings is 2. The Balaban J connectivity index is 1.42. The van der Waals surface area contributed by atoms with Crippen molar-refractivity contribution in [3.63, 3.8) is 0 Å². The summed E-state index contributed by atoms with van der Waals surface area (Å²) in [6.07, 6.45) is 0.230. The molecule has 2 aromatic carbocycles. The van der Waals surface area contributed by atoms with Crippen LogP contribution in [0.5, 0.6) is 0 Å². The van der Waals surface area contributed by atoms with Gasteiger partial charge in [0.15, 0.2) is 9.90 Å². The fourth-order valence-corrected chi connectivity index (χ4v) is 3.68. The molecule has 28 heavy (non-hydrogen) atoms. The molecule has 140 valence electrons. The Hall–Kier alpha value is -3.10. The van der Waals surface area contributed by atoms with E-state index >= 15 is 0 Å². The Bertz CT molecular complexity index is 1170. The number of aromatic amines is 1. The number of aromatic nitrogens is 3. The maximum Gasteiger partial charge on any atom is 0.226 e. The van der Waals surface area contributed by atoms with Gasteiger partial charge in [0.1, 0.15) is 5.82 Å². The van der Waals surface area contributed by atoms with Crippen LogP contribution >= 0.6 is 23.6 Å². The second-order valence-electron chi connectivity index (χ2n) is 6.14. The first kappa shape index (κ1) is 18.3. The summed E-state index contributed by atoms with van der Waals surface area (Å²) in [5.74, 6) is 0.584. The monoisotopic (exact) mass is 407 g/mol. The van der Waals surface area contributed by atoms with E-state index in [4.69, 9.17) is 12.2 Å². The van der Waals surface area contributed by atoms with Gasteiger partial charge in [0.2, 0.25) is 5.91 Å². The fraction of sp³-hybridized carbons (Fsp3) is 0.100. The third-order valence-electron chi connectivity index (χ3n) is 4.09. The quantitative estimate of drug-likeness (QED) is 0.414. The van der Waals surface area contributed by atoms with Gasteiger partial charge in [-0.2, -0.15) is 0 Å². The fourth-order valence-electron chi connectivity index (χ4n) is 2.77. The van der Waals surface area contributed by atoms with Gasteiger partial charge in [0.25, 0.3) is 0 Å². The molecule has 0 spiro atoms. The number of amides is 1. The lowest BCUT2D eigenvalue weighted by Gasteiger charge is -2.06. The summed E-state index contributed by atoms with van der Waals surface area (Å²) in [5.41, 5.74) is 2.68. The standard InChI is InChI=1S/C20H17N5OS2/c26-17(21-11-13-6-2-1-3-7-13)10-14-12-28-20(22-14)25-18-15-8-4-5-9-16(15)23-19(27)24-18/h1-9,12H,10-11H2,(H,21,26)(H2,22,23,24,25,27). The summed E-state index contributed by atoms with van der Waals surface area (Å²) >= 11 is 6.63. The molecule has 0 radical (unpaired) electrons. The molecule has 0 saturated carbocycles. The number of hydrogen-bond donors (Lipinski definition) is 3. The van der Waals surface area contributed by atoms with Gasteiger partial charge < -0.3 is 15.6 Å². The zero-order chi connectivity index (χ0) is 19.3. The molecule has 2 heterocycles. The van der Waals surface area contributed by atoms with Crippen LogP contribution in [0.3, 0.4) is 0 Å². The van der Waals surface area contributed by atoms with Crippen LogP contribution in [0.1, 0.15) is 11.3 Å². The number of para-hydroxylation sites is 1. The highest BCUT2D eigenvalue weighted by molar-refractivity contribution is 7.71. The number of fused-ring (bicyclic) bond motifs is 1. The van der Waals surface area contributed by atoms with Crippen LogP contribution in [-0.4, -0.2) is 20.9 Å². The van der Waals surface area contributed by atoms with E-state index < -0.39 is 0 Å². The highest BCUT2D eigenvalue weighted by Gasteiger charge is 2.10. The minimum absolute atomic E-state index is 0.0635. The molecule has 0 aliphatic rings. The molecule has 1 amide bonds. The molecule has 4 rings (SSSR count). The summed E-state index contributed by atoms with van der Waals surface area (Å²) in [6.45, 7) is 0.507. The lowest BCUT2D eigenvalue weighted by Crippen LogP contribution is -2.24. The Morgan fingerprint density at radius 1 is 1.07 bits per heavy atom. The maximum atomic E-state index is 12.2. The summed E-state index contributed by atoms with van der Waals surface area (Å²) in [7, 11) is 0. The molecule has 0 saturated heterocycles. The van der Waals surface area contributed by atoms with Crippen molar-refractivity contribution in [2.45, 2.75) is 13.0 Å². The van der Waals surface area contributed by atoms with E-state index in [0.29, 0.717) is 28.0 Å². The van der Waals surface area contributed by atoms with Crippen LogP contribution in [-0.2, 0) is 17.8 Å². The normalized spacial score (nSPS) is 10.7. The molecule has 2 aromatic heterocycles. The Morgan fingerprint density at radius 3 is 2.71 bits per heavy atom. The lowest BCUT2D eigenvalue weighted by atomic mass is 10.2. The van der Waals surface area contributed by atoms with E-state index in [0.717, 1.165) is 16.5 Å². The smallest absolute Gasteiger partial charge is 0.226 e. The number of rotatable bonds is 6. The van der Waals surface area contributed by atoms with E-state index in [2.05, 4.69) is 25.6 Å². The average molecular weight is 408 g/mol. The molecule has 0 bridgehead atoms. The molecule has 6 nitrogen and oxygen atoms in total. The zero-order valence-corrected chi connectivity index (χ0v) is 16.4. The van der Waals surface area contributed by atoms with Gasteiger partial charge in [0, 0.05) is 17.3 Å². The number of carbonyl (C=O) groups is 1. The number of nitrogens with one attached hydrogen (secondary N) is 3. The first-order chi connectivity index (χ1) is 13.7. The Labute approximate surface area is 170 Å². The van der Waals surface area contributed by atoms with E-state index in [1.54, 1.807) is 0 Å². The van der Waals surface area contributed by atoms with Crippen molar-refractivity contribution in [3.8, 4) is 0 Å². The van der Waals surface area contributed by atoms with Crippen LogP contribution in [0.15, 0.2) is 60.0 Å². The van der Waals surface area contributed by atoms with Crippen molar-refractivity contribution >= 4 is 51.3 Å². The lowest BCUT2D eigenvalue weighted by molar-refractivity contribution is -0.120. The number of hydrogen-bond acceptors (Lipinski definition) is 6. The minimum Gasteiger partial charge on any atom is -0.352 e. The van der Waals surface area contributed by atoms with E-state index in [9.17, 15) is 4.79 Å². The van der Waals surface area contributed by atoms with Crippen LogP contribution in [0.4, 0.5) is 10.9 Å². The largest absolute Gasteiger partial charge is 0.352 e. The van der Waals surface area contributed by atoms with Crippen molar-refractivity contribution in [1.82, 2.24) is 20.3 Å². The molecular formula is C20H17N5OS2. The molecule has 3 N–H and O–H groups in total. The van der Waals surface area contributed by atoms with Crippen LogP contribution in [0, 0.1) is 4.77 Å². The highest BCUT2D eigenvalue weighted by atomic mass is 32.1. The van der Waals surface area contributed by atoms with Crippen molar-refractivity contribution < 1.29 is 4.79 Å². The van der Waals surface area contributed by atoms with Crippen molar-refractivity contribution in [2.24, 2.45) is 0 Å². The summed E-state index contributed by atoms with van der Waals surface area (Å²) in [6, 6.07) is 17.6. The SMILES string of the molecule is O=C(Cc1csc(Nc2nc(=S)[nH]c3ccccc23)n1)NCc1ccccc1. The summed E-state index contributed by atoms with van der Waals surface area (Å²) in [5, 5.41) is 9.60. The number of H-pyrrole nitrogens is 1. The second kappa shape index (κ2) is 8.28. The molecule has 0 atom stereocenters. The number of anilines is 2. The zero-order valence-electron chi connectivity index (χ0n) is 14.8. The molecule has 0 aliphatic heterocycles. The predicted octanol–water partition coefficient (Wildman–Crippen LogP) is 4.35. The van der Waals surface area contributed by atoms with Gasteiger partial charge in [-0.05, 0) is 29.9 Å². The second-order valence-corrected chi connectivity index (χ2v) is 7.39. The van der Waals surface area contributed by atoms with Gasteiger partial charge in [-0.1, -0.05) is 42.5 Å². The molecule has 4 aromatic rings. The average Bonchev–Trinajstić information content (AvgIpc) is 3.14. The van der Waals surface area contributed by atoms with Crippen molar-refractivity contribution in [2.75, 3.05) is 5.32 Å². The van der Waals surface area contributed by atoms with Gasteiger partial charge >= 0.3 is 0 Å². The van der Waals surface area contributed by atoms with Gasteiger partial charge in [-0.15, -0.1) is 11.3 Å². The topological polar surface area (TPSA) is 82.7 Å². The predicted molar refractivity (Wildman–Crippen MR) is 114 cm³/mol. The van der Waals surface area contributed by atoms with Gasteiger partial charge in [-0.3, -0.25) is 4.79 Å². The molecular weight excluding hydrogens is 390 g/mol. The summed E-state index contributed by atoms with van der Waals surface area (Å²) < 4.78 is 0.401. The van der Waals surface area contributed by atoms with Crippen LogP contribution in [0.2, 0.25) is 0 Å². The van der Waals surface area contributed by atoms with Crippen molar-refractivity contribution in [3.05, 3.63) is 76.0 Å². The molecule has 0 aliphatic carbocycles. The van der Waals surface area contributed by atoms with E-state index in [1.807, 2.05) is 60.0 Å². The first-order valence-corrected chi connectivity index (χ1v) is 9.97. The van der Waals surface area contributed by atoms with Crippen LogP contribution < -0.4 is 10.6 Å². The first-order valence-electron chi connectivity index (χ1n) is 8.68. The molecule has 0 fully saturated rings. The van der Waals surface area contributed by atoms with Crippen LogP contribution in [0.25, 0.3) is 10.9 Å². The minimum atomic E-state index is -0.0635. The number of carbonyl (C=O) groups excluding carboxylic acids is 1. The number of nitrogens with zero attached hydrogens (tertiary/aromatic N) is 2.